The predicted molar refractivity (Wildman–Crippen MR) is 92.8 cm³/mol. The summed E-state index contributed by atoms with van der Waals surface area (Å²) in [6.45, 7) is 7.54. The molecule has 0 saturated carbocycles. The highest BCUT2D eigenvalue weighted by atomic mass is 16.5. The molecule has 3 aromatic rings. The normalized spacial score (nSPS) is 15.9. The summed E-state index contributed by atoms with van der Waals surface area (Å²) in [5.74, 6) is 0. The van der Waals surface area contributed by atoms with Crippen molar-refractivity contribution in [2.45, 2.75) is 13.5 Å². The van der Waals surface area contributed by atoms with Crippen LogP contribution in [0.2, 0.25) is 0 Å². The van der Waals surface area contributed by atoms with E-state index in [1.165, 1.54) is 5.56 Å². The molecular formula is C18H21N5O. The van der Waals surface area contributed by atoms with Crippen LogP contribution in [0.3, 0.4) is 0 Å². The Labute approximate surface area is 141 Å². The molecule has 124 valence electrons. The van der Waals surface area contributed by atoms with Crippen LogP contribution in [0.1, 0.15) is 5.56 Å². The third-order valence-corrected chi connectivity index (χ3v) is 4.60. The first-order valence-electron chi connectivity index (χ1n) is 8.34. The average molecular weight is 323 g/mol. The van der Waals surface area contributed by atoms with Gasteiger partial charge in [-0.3, -0.25) is 9.88 Å². The molecule has 1 aliphatic heterocycles. The van der Waals surface area contributed by atoms with Crippen molar-refractivity contribution in [2.24, 2.45) is 0 Å². The van der Waals surface area contributed by atoms with Gasteiger partial charge in [0.2, 0.25) is 0 Å². The van der Waals surface area contributed by atoms with Gasteiger partial charge >= 0.3 is 0 Å². The van der Waals surface area contributed by atoms with Crippen LogP contribution in [0.25, 0.3) is 22.2 Å². The van der Waals surface area contributed by atoms with Crippen LogP contribution in [-0.4, -0.2) is 57.5 Å². The zero-order valence-corrected chi connectivity index (χ0v) is 13.9. The van der Waals surface area contributed by atoms with Crippen LogP contribution in [0, 0.1) is 6.92 Å². The van der Waals surface area contributed by atoms with Gasteiger partial charge in [0.05, 0.1) is 26.0 Å². The van der Waals surface area contributed by atoms with E-state index in [0.29, 0.717) is 0 Å². The van der Waals surface area contributed by atoms with E-state index in [1.807, 2.05) is 41.6 Å². The van der Waals surface area contributed by atoms with Crippen molar-refractivity contribution in [2.75, 3.05) is 32.8 Å². The van der Waals surface area contributed by atoms with Crippen molar-refractivity contribution in [3.05, 3.63) is 42.5 Å². The topological polar surface area (TPSA) is 56.1 Å². The van der Waals surface area contributed by atoms with Gasteiger partial charge in [0.1, 0.15) is 0 Å². The van der Waals surface area contributed by atoms with Crippen LogP contribution in [-0.2, 0) is 11.3 Å². The fourth-order valence-electron chi connectivity index (χ4n) is 3.18. The van der Waals surface area contributed by atoms with Gasteiger partial charge in [-0.2, -0.15) is 5.10 Å². The molecule has 1 aliphatic rings. The molecule has 0 unspecified atom stereocenters. The van der Waals surface area contributed by atoms with Gasteiger partial charge in [-0.05, 0) is 30.2 Å². The van der Waals surface area contributed by atoms with E-state index in [-0.39, 0.29) is 0 Å². The first-order chi connectivity index (χ1) is 11.8. The number of morpholine rings is 1. The summed E-state index contributed by atoms with van der Waals surface area (Å²) in [5.41, 5.74) is 4.42. The van der Waals surface area contributed by atoms with E-state index in [4.69, 9.17) is 4.74 Å². The molecule has 4 heterocycles. The minimum absolute atomic E-state index is 0.822. The third-order valence-electron chi connectivity index (χ3n) is 4.60. The van der Waals surface area contributed by atoms with Crippen LogP contribution in [0.4, 0.5) is 0 Å². The molecule has 0 aliphatic carbocycles. The van der Waals surface area contributed by atoms with Crippen LogP contribution in [0.15, 0.2) is 36.9 Å². The third kappa shape index (κ3) is 2.90. The van der Waals surface area contributed by atoms with Gasteiger partial charge in [-0.15, -0.1) is 0 Å². The average Bonchev–Trinajstić information content (AvgIpc) is 3.05. The smallest absolute Gasteiger partial charge is 0.158 e. The van der Waals surface area contributed by atoms with Gasteiger partial charge in [-0.25, -0.2) is 9.67 Å². The van der Waals surface area contributed by atoms with Gasteiger partial charge in [-0.1, -0.05) is 0 Å². The minimum Gasteiger partial charge on any atom is -0.379 e. The zero-order chi connectivity index (χ0) is 16.4. The Balaban J connectivity index is 1.63. The number of rotatable bonds is 4. The molecule has 0 atom stereocenters. The van der Waals surface area contributed by atoms with Crippen LogP contribution >= 0.6 is 0 Å². The molecule has 0 radical (unpaired) electrons. The van der Waals surface area contributed by atoms with Crippen molar-refractivity contribution < 1.29 is 4.74 Å². The maximum absolute atomic E-state index is 5.40. The second-order valence-electron chi connectivity index (χ2n) is 6.11. The number of hydrogen-bond acceptors (Lipinski definition) is 5. The summed E-state index contributed by atoms with van der Waals surface area (Å²) in [5, 5.41) is 5.65. The Bertz CT molecular complexity index is 838. The molecule has 0 N–H and O–H groups in total. The molecule has 0 spiro atoms. The summed E-state index contributed by atoms with van der Waals surface area (Å²) < 4.78 is 7.40. The van der Waals surface area contributed by atoms with Crippen molar-refractivity contribution in [3.8, 4) is 11.1 Å². The summed E-state index contributed by atoms with van der Waals surface area (Å²) in [4.78, 5) is 11.2. The molecular weight excluding hydrogens is 302 g/mol. The van der Waals surface area contributed by atoms with E-state index in [9.17, 15) is 0 Å². The number of ether oxygens (including phenoxy) is 1. The molecule has 1 saturated heterocycles. The number of pyridine rings is 2. The van der Waals surface area contributed by atoms with Crippen molar-refractivity contribution >= 4 is 11.0 Å². The Morgan fingerprint density at radius 3 is 2.75 bits per heavy atom. The Kier molecular flexibility index (Phi) is 4.23. The summed E-state index contributed by atoms with van der Waals surface area (Å²) in [6, 6.07) is 4.07. The quantitative estimate of drug-likeness (QED) is 0.736. The highest BCUT2D eigenvalue weighted by Crippen LogP contribution is 2.28. The number of nitrogens with zero attached hydrogens (tertiary/aromatic N) is 5. The monoisotopic (exact) mass is 323 g/mol. The first kappa shape index (κ1) is 15.2. The van der Waals surface area contributed by atoms with Gasteiger partial charge < -0.3 is 4.74 Å². The van der Waals surface area contributed by atoms with Crippen molar-refractivity contribution in [1.29, 1.82) is 0 Å². The van der Waals surface area contributed by atoms with E-state index >= 15 is 0 Å². The van der Waals surface area contributed by atoms with Gasteiger partial charge in [0.25, 0.3) is 0 Å². The number of aromatic nitrogens is 4. The highest BCUT2D eigenvalue weighted by molar-refractivity contribution is 5.92. The lowest BCUT2D eigenvalue weighted by Gasteiger charge is -2.26. The molecule has 24 heavy (non-hydrogen) atoms. The highest BCUT2D eigenvalue weighted by Gasteiger charge is 2.14. The van der Waals surface area contributed by atoms with Crippen molar-refractivity contribution in [1.82, 2.24) is 24.6 Å². The molecule has 1 fully saturated rings. The number of hydrogen-bond donors (Lipinski definition) is 0. The predicted octanol–water partition coefficient (Wildman–Crippen LogP) is 2.13. The summed E-state index contributed by atoms with van der Waals surface area (Å²) in [6.07, 6.45) is 7.51. The lowest BCUT2D eigenvalue weighted by Crippen LogP contribution is -2.38. The van der Waals surface area contributed by atoms with E-state index in [1.54, 1.807) is 0 Å². The lowest BCUT2D eigenvalue weighted by atomic mass is 10.0. The van der Waals surface area contributed by atoms with E-state index < -0.39 is 0 Å². The maximum atomic E-state index is 5.40. The first-order valence-corrected chi connectivity index (χ1v) is 8.34. The second-order valence-corrected chi connectivity index (χ2v) is 6.11. The maximum Gasteiger partial charge on any atom is 0.158 e. The molecule has 0 amide bonds. The van der Waals surface area contributed by atoms with E-state index in [0.717, 1.165) is 61.6 Å². The Hall–Kier alpha value is -2.31. The van der Waals surface area contributed by atoms with Crippen LogP contribution < -0.4 is 0 Å². The fourth-order valence-corrected chi connectivity index (χ4v) is 3.18. The fraction of sp³-hybridized carbons (Fsp3) is 0.389. The molecule has 4 rings (SSSR count). The number of fused-ring (bicyclic) bond motifs is 1. The van der Waals surface area contributed by atoms with Crippen LogP contribution in [0.5, 0.6) is 0 Å². The van der Waals surface area contributed by atoms with Crippen molar-refractivity contribution in [3.63, 3.8) is 0 Å². The standard InChI is InChI=1S/C18H21N5O/c1-14-2-4-19-12-16(14)15-3-5-20-18-17(15)13-21-23(18)7-6-22-8-10-24-11-9-22/h2-5,12-13H,6-11H2,1H3. The zero-order valence-electron chi connectivity index (χ0n) is 13.9. The minimum atomic E-state index is 0.822. The van der Waals surface area contributed by atoms with Gasteiger partial charge in [0, 0.05) is 49.2 Å². The lowest BCUT2D eigenvalue weighted by molar-refractivity contribution is 0.0361. The SMILES string of the molecule is Cc1ccncc1-c1ccnc2c1cnn2CCN1CCOCC1. The molecule has 6 heteroatoms. The molecule has 0 bridgehead atoms. The second kappa shape index (κ2) is 6.67. The molecule has 0 aromatic carbocycles. The summed E-state index contributed by atoms with van der Waals surface area (Å²) >= 11 is 0. The molecule has 3 aromatic heterocycles. The Morgan fingerprint density at radius 2 is 1.92 bits per heavy atom. The Morgan fingerprint density at radius 1 is 1.04 bits per heavy atom. The summed E-state index contributed by atoms with van der Waals surface area (Å²) in [7, 11) is 0. The molecule has 6 nitrogen and oxygen atoms in total. The van der Waals surface area contributed by atoms with E-state index in [2.05, 4.69) is 26.9 Å². The van der Waals surface area contributed by atoms with Gasteiger partial charge in [0.15, 0.2) is 5.65 Å². The number of aryl methyl sites for hydroxylation is 1. The largest absolute Gasteiger partial charge is 0.379 e.